The molecule has 4 heteroatoms. The molecule has 0 saturated heterocycles. The number of hydrogen-bond donors (Lipinski definition) is 0. The molecule has 0 saturated carbocycles. The number of rotatable bonds is 5. The molecular formula is C17H22N2O2. The molecule has 0 aliphatic rings. The van der Waals surface area contributed by atoms with Gasteiger partial charge in [-0.2, -0.15) is 0 Å². The number of hydrogen-bond acceptors (Lipinski definition) is 4. The number of aromatic nitrogens is 2. The summed E-state index contributed by atoms with van der Waals surface area (Å²) in [6, 6.07) is 3.58. The molecule has 0 aromatic carbocycles. The van der Waals surface area contributed by atoms with Crippen molar-refractivity contribution in [2.24, 2.45) is 11.8 Å². The van der Waals surface area contributed by atoms with Crippen molar-refractivity contribution < 1.29 is 9.53 Å². The van der Waals surface area contributed by atoms with Crippen LogP contribution < -0.4 is 0 Å². The maximum Gasteiger partial charge on any atom is 0.356 e. The average molecular weight is 286 g/mol. The van der Waals surface area contributed by atoms with Gasteiger partial charge in [0.25, 0.3) is 0 Å². The Balaban J connectivity index is 2.33. The molecule has 0 amide bonds. The Morgan fingerprint density at radius 3 is 2.57 bits per heavy atom. The van der Waals surface area contributed by atoms with Crippen LogP contribution in [0.3, 0.4) is 0 Å². The van der Waals surface area contributed by atoms with Crippen LogP contribution in [-0.4, -0.2) is 22.5 Å². The van der Waals surface area contributed by atoms with Crippen molar-refractivity contribution in [1.29, 1.82) is 0 Å². The first kappa shape index (κ1) is 15.4. The summed E-state index contributed by atoms with van der Waals surface area (Å²) in [6.07, 6.45) is 4.50. The zero-order chi connectivity index (χ0) is 15.4. The van der Waals surface area contributed by atoms with Crippen LogP contribution in [0.25, 0.3) is 10.9 Å². The maximum atomic E-state index is 12.0. The minimum absolute atomic E-state index is 0.315. The van der Waals surface area contributed by atoms with Crippen LogP contribution >= 0.6 is 0 Å². The highest BCUT2D eigenvalue weighted by molar-refractivity contribution is 5.91. The van der Waals surface area contributed by atoms with E-state index in [4.69, 9.17) is 4.74 Å². The van der Waals surface area contributed by atoms with Crippen LogP contribution in [-0.2, 0) is 11.2 Å². The van der Waals surface area contributed by atoms with Crippen LogP contribution in [0.2, 0.25) is 0 Å². The molecule has 0 aliphatic carbocycles. The number of nitrogens with zero attached hydrogens (tertiary/aromatic N) is 2. The Morgan fingerprint density at radius 1 is 1.14 bits per heavy atom. The van der Waals surface area contributed by atoms with E-state index in [-0.39, 0.29) is 5.97 Å². The van der Waals surface area contributed by atoms with E-state index in [9.17, 15) is 4.79 Å². The molecule has 21 heavy (non-hydrogen) atoms. The number of carbonyl (C=O) groups is 1. The summed E-state index contributed by atoms with van der Waals surface area (Å²) in [5.41, 5.74) is 2.28. The summed E-state index contributed by atoms with van der Waals surface area (Å²) in [5.74, 6) is 0.462. The van der Waals surface area contributed by atoms with Crippen molar-refractivity contribution in [3.63, 3.8) is 0 Å². The highest BCUT2D eigenvalue weighted by atomic mass is 16.5. The lowest BCUT2D eigenvalue weighted by Gasteiger charge is -2.10. The summed E-state index contributed by atoms with van der Waals surface area (Å²) < 4.78 is 5.24. The quantitative estimate of drug-likeness (QED) is 0.787. The summed E-state index contributed by atoms with van der Waals surface area (Å²) in [4.78, 5) is 20.8. The minimum atomic E-state index is -0.363. The maximum absolute atomic E-state index is 12.0. The van der Waals surface area contributed by atoms with Crippen molar-refractivity contribution in [2.75, 3.05) is 6.61 Å². The third-order valence-electron chi connectivity index (χ3n) is 3.06. The van der Waals surface area contributed by atoms with Gasteiger partial charge in [-0.05, 0) is 36.0 Å². The normalized spacial score (nSPS) is 11.3. The Hall–Kier alpha value is -1.97. The van der Waals surface area contributed by atoms with Gasteiger partial charge in [0.1, 0.15) is 5.69 Å². The SMILES string of the molecule is CC(C)COC(=O)c1ccc2cncc(CC(C)C)c2n1. The molecule has 0 spiro atoms. The lowest BCUT2D eigenvalue weighted by molar-refractivity contribution is 0.0452. The van der Waals surface area contributed by atoms with Crippen LogP contribution in [0, 0.1) is 11.8 Å². The topological polar surface area (TPSA) is 52.1 Å². The van der Waals surface area contributed by atoms with Gasteiger partial charge < -0.3 is 4.74 Å². The Kier molecular flexibility index (Phi) is 4.89. The number of pyridine rings is 2. The lowest BCUT2D eigenvalue weighted by atomic mass is 10.0. The van der Waals surface area contributed by atoms with Gasteiger partial charge in [0.05, 0.1) is 12.1 Å². The molecule has 4 nitrogen and oxygen atoms in total. The van der Waals surface area contributed by atoms with Gasteiger partial charge in [0, 0.05) is 17.8 Å². The van der Waals surface area contributed by atoms with Crippen LogP contribution in [0.5, 0.6) is 0 Å². The summed E-state index contributed by atoms with van der Waals surface area (Å²) in [7, 11) is 0. The van der Waals surface area contributed by atoms with Gasteiger partial charge >= 0.3 is 5.97 Å². The van der Waals surface area contributed by atoms with E-state index in [1.54, 1.807) is 12.3 Å². The number of ether oxygens (including phenoxy) is 1. The molecule has 0 fully saturated rings. The molecule has 2 heterocycles. The molecule has 0 radical (unpaired) electrons. The minimum Gasteiger partial charge on any atom is -0.461 e. The van der Waals surface area contributed by atoms with Gasteiger partial charge in [0.2, 0.25) is 0 Å². The molecular weight excluding hydrogens is 264 g/mol. The van der Waals surface area contributed by atoms with Crippen molar-refractivity contribution in [3.05, 3.63) is 35.8 Å². The second-order valence-corrected chi connectivity index (χ2v) is 6.16. The first-order chi connectivity index (χ1) is 9.97. The Morgan fingerprint density at radius 2 is 1.90 bits per heavy atom. The van der Waals surface area contributed by atoms with Gasteiger partial charge in [-0.3, -0.25) is 4.98 Å². The van der Waals surface area contributed by atoms with Crippen LogP contribution in [0.15, 0.2) is 24.5 Å². The largest absolute Gasteiger partial charge is 0.461 e. The second-order valence-electron chi connectivity index (χ2n) is 6.16. The number of esters is 1. The standard InChI is InChI=1S/C17H22N2O2/c1-11(2)7-14-9-18-8-13-5-6-15(19-16(13)14)17(20)21-10-12(3)4/h5-6,8-9,11-12H,7,10H2,1-4H3. The van der Waals surface area contributed by atoms with E-state index in [1.165, 1.54) is 0 Å². The van der Waals surface area contributed by atoms with E-state index in [1.807, 2.05) is 26.1 Å². The van der Waals surface area contributed by atoms with E-state index < -0.39 is 0 Å². The number of carbonyl (C=O) groups excluding carboxylic acids is 1. The molecule has 0 atom stereocenters. The van der Waals surface area contributed by atoms with E-state index >= 15 is 0 Å². The highest BCUT2D eigenvalue weighted by Gasteiger charge is 2.13. The molecule has 2 aromatic rings. The summed E-state index contributed by atoms with van der Waals surface area (Å²) >= 11 is 0. The zero-order valence-electron chi connectivity index (χ0n) is 13.1. The molecule has 2 rings (SSSR count). The van der Waals surface area contributed by atoms with Gasteiger partial charge in [0.15, 0.2) is 0 Å². The zero-order valence-corrected chi connectivity index (χ0v) is 13.1. The molecule has 0 unspecified atom stereocenters. The molecule has 0 N–H and O–H groups in total. The molecule has 112 valence electrons. The van der Waals surface area contributed by atoms with Gasteiger partial charge in [-0.25, -0.2) is 9.78 Å². The number of fused-ring (bicyclic) bond motifs is 1. The van der Waals surface area contributed by atoms with Crippen LogP contribution in [0.1, 0.15) is 43.7 Å². The fraction of sp³-hybridized carbons (Fsp3) is 0.471. The predicted molar refractivity (Wildman–Crippen MR) is 83.2 cm³/mol. The highest BCUT2D eigenvalue weighted by Crippen LogP contribution is 2.19. The van der Waals surface area contributed by atoms with E-state index in [0.29, 0.717) is 24.1 Å². The third kappa shape index (κ3) is 4.00. The smallest absolute Gasteiger partial charge is 0.356 e. The Bertz CT molecular complexity index is 636. The molecule has 0 bridgehead atoms. The second kappa shape index (κ2) is 6.66. The van der Waals surface area contributed by atoms with Crippen molar-refractivity contribution in [1.82, 2.24) is 9.97 Å². The van der Waals surface area contributed by atoms with Crippen LogP contribution in [0.4, 0.5) is 0 Å². The molecule has 2 aromatic heterocycles. The van der Waals surface area contributed by atoms with Crippen molar-refractivity contribution in [3.8, 4) is 0 Å². The first-order valence-corrected chi connectivity index (χ1v) is 7.38. The van der Waals surface area contributed by atoms with E-state index in [2.05, 4.69) is 23.8 Å². The average Bonchev–Trinajstić information content (AvgIpc) is 2.44. The lowest BCUT2D eigenvalue weighted by Crippen LogP contribution is -2.12. The van der Waals surface area contributed by atoms with Crippen molar-refractivity contribution in [2.45, 2.75) is 34.1 Å². The summed E-state index contributed by atoms with van der Waals surface area (Å²) in [5, 5.41) is 0.952. The monoisotopic (exact) mass is 286 g/mol. The fourth-order valence-corrected chi connectivity index (χ4v) is 2.12. The van der Waals surface area contributed by atoms with Crippen molar-refractivity contribution >= 4 is 16.9 Å². The first-order valence-electron chi connectivity index (χ1n) is 7.38. The van der Waals surface area contributed by atoms with Gasteiger partial charge in [-0.1, -0.05) is 27.7 Å². The predicted octanol–water partition coefficient (Wildman–Crippen LogP) is 3.64. The fourth-order valence-electron chi connectivity index (χ4n) is 2.12. The summed E-state index contributed by atoms with van der Waals surface area (Å²) in [6.45, 7) is 8.73. The third-order valence-corrected chi connectivity index (χ3v) is 3.06. The van der Waals surface area contributed by atoms with E-state index in [0.717, 1.165) is 22.9 Å². The molecule has 0 aliphatic heterocycles. The Labute approximate surface area is 125 Å². The van der Waals surface area contributed by atoms with Gasteiger partial charge in [-0.15, -0.1) is 0 Å².